The molecule has 2 aromatic rings. The molecule has 0 aliphatic carbocycles. The van der Waals surface area contributed by atoms with Crippen LogP contribution in [0.15, 0.2) is 60.7 Å². The van der Waals surface area contributed by atoms with E-state index in [9.17, 15) is 4.79 Å². The molecule has 0 saturated carbocycles. The van der Waals surface area contributed by atoms with E-state index in [0.717, 1.165) is 13.0 Å². The van der Waals surface area contributed by atoms with Gasteiger partial charge in [0.15, 0.2) is 0 Å². The summed E-state index contributed by atoms with van der Waals surface area (Å²) in [4.78, 5) is 13.8. The predicted octanol–water partition coefficient (Wildman–Crippen LogP) is 3.13. The number of amides is 1. The zero-order valence-electron chi connectivity index (χ0n) is 12.0. The molecular formula is C18H20N2O. The monoisotopic (exact) mass is 280 g/mol. The SMILES string of the molecule is NC(=O)CC1CCN(c2ccccc2)[C@@H]1c1ccccc1. The van der Waals surface area contributed by atoms with E-state index >= 15 is 0 Å². The number of nitrogens with two attached hydrogens (primary N) is 1. The number of hydrogen-bond acceptors (Lipinski definition) is 2. The number of rotatable bonds is 4. The van der Waals surface area contributed by atoms with Crippen LogP contribution in [0.3, 0.4) is 0 Å². The highest BCUT2D eigenvalue weighted by Gasteiger charge is 2.35. The van der Waals surface area contributed by atoms with Crippen molar-refractivity contribution in [3.8, 4) is 0 Å². The maximum atomic E-state index is 11.4. The molecule has 0 spiro atoms. The smallest absolute Gasteiger partial charge is 0.217 e. The van der Waals surface area contributed by atoms with E-state index in [1.807, 2.05) is 12.1 Å². The van der Waals surface area contributed by atoms with Crippen LogP contribution in [-0.4, -0.2) is 12.5 Å². The first-order valence-corrected chi connectivity index (χ1v) is 7.40. The zero-order valence-corrected chi connectivity index (χ0v) is 12.0. The highest BCUT2D eigenvalue weighted by molar-refractivity contribution is 5.74. The number of hydrogen-bond donors (Lipinski definition) is 1. The Morgan fingerprint density at radius 2 is 1.67 bits per heavy atom. The standard InChI is InChI=1S/C18H20N2O/c19-17(21)13-15-11-12-20(16-9-5-2-6-10-16)18(15)14-7-3-1-4-8-14/h1-10,15,18H,11-13H2,(H2,19,21)/t15?,18-/m1/s1. The van der Waals surface area contributed by atoms with Gasteiger partial charge in [-0.05, 0) is 30.0 Å². The topological polar surface area (TPSA) is 46.3 Å². The number of benzene rings is 2. The molecule has 1 unspecified atom stereocenters. The molecule has 1 aliphatic heterocycles. The Labute approximate surface area is 125 Å². The van der Waals surface area contributed by atoms with Crippen LogP contribution >= 0.6 is 0 Å². The van der Waals surface area contributed by atoms with Crippen molar-refractivity contribution in [3.05, 3.63) is 66.2 Å². The molecule has 3 rings (SSSR count). The fourth-order valence-corrected chi connectivity index (χ4v) is 3.34. The highest BCUT2D eigenvalue weighted by Crippen LogP contribution is 2.41. The molecule has 21 heavy (non-hydrogen) atoms. The minimum absolute atomic E-state index is 0.212. The lowest BCUT2D eigenvalue weighted by atomic mass is 9.90. The molecule has 2 aromatic carbocycles. The zero-order chi connectivity index (χ0) is 14.7. The molecule has 108 valence electrons. The Kier molecular flexibility index (Phi) is 3.91. The van der Waals surface area contributed by atoms with E-state index in [4.69, 9.17) is 5.73 Å². The van der Waals surface area contributed by atoms with Crippen LogP contribution in [0.5, 0.6) is 0 Å². The Hall–Kier alpha value is -2.29. The molecule has 0 bridgehead atoms. The Morgan fingerprint density at radius 1 is 1.05 bits per heavy atom. The van der Waals surface area contributed by atoms with Crippen LogP contribution in [0.1, 0.15) is 24.4 Å². The normalized spacial score (nSPS) is 21.4. The molecule has 1 aliphatic rings. The van der Waals surface area contributed by atoms with E-state index < -0.39 is 0 Å². The molecule has 0 aromatic heterocycles. The fraction of sp³-hybridized carbons (Fsp3) is 0.278. The molecule has 3 heteroatoms. The second-order valence-corrected chi connectivity index (χ2v) is 5.60. The largest absolute Gasteiger partial charge is 0.370 e. The van der Waals surface area contributed by atoms with Crippen molar-refractivity contribution in [2.24, 2.45) is 11.7 Å². The summed E-state index contributed by atoms with van der Waals surface area (Å²) in [6.45, 7) is 0.960. The minimum Gasteiger partial charge on any atom is -0.370 e. The van der Waals surface area contributed by atoms with Gasteiger partial charge in [-0.15, -0.1) is 0 Å². The summed E-state index contributed by atoms with van der Waals surface area (Å²) in [6.07, 6.45) is 1.44. The van der Waals surface area contributed by atoms with Gasteiger partial charge in [-0.25, -0.2) is 0 Å². The van der Waals surface area contributed by atoms with Gasteiger partial charge in [0.2, 0.25) is 5.91 Å². The van der Waals surface area contributed by atoms with E-state index in [1.54, 1.807) is 0 Å². The number of carbonyl (C=O) groups excluding carboxylic acids is 1. The van der Waals surface area contributed by atoms with Gasteiger partial charge < -0.3 is 10.6 Å². The Morgan fingerprint density at radius 3 is 2.29 bits per heavy atom. The fourth-order valence-electron chi connectivity index (χ4n) is 3.34. The molecule has 1 amide bonds. The van der Waals surface area contributed by atoms with Gasteiger partial charge in [0.1, 0.15) is 0 Å². The average Bonchev–Trinajstić information content (AvgIpc) is 2.92. The van der Waals surface area contributed by atoms with Crippen molar-refractivity contribution in [3.63, 3.8) is 0 Å². The predicted molar refractivity (Wildman–Crippen MR) is 84.9 cm³/mol. The molecule has 1 fully saturated rings. The molecule has 0 radical (unpaired) electrons. The van der Waals surface area contributed by atoms with Crippen molar-refractivity contribution >= 4 is 11.6 Å². The number of anilines is 1. The van der Waals surface area contributed by atoms with Crippen molar-refractivity contribution in [2.75, 3.05) is 11.4 Å². The third-order valence-electron chi connectivity index (χ3n) is 4.22. The van der Waals surface area contributed by atoms with Crippen molar-refractivity contribution in [2.45, 2.75) is 18.9 Å². The van der Waals surface area contributed by atoms with Gasteiger partial charge in [0.05, 0.1) is 6.04 Å². The molecule has 2 atom stereocenters. The first kappa shape index (κ1) is 13.7. The Bertz CT molecular complexity index is 597. The number of nitrogens with zero attached hydrogens (tertiary/aromatic N) is 1. The van der Waals surface area contributed by atoms with Crippen LogP contribution in [0, 0.1) is 5.92 Å². The van der Waals surface area contributed by atoms with Crippen LogP contribution in [0.25, 0.3) is 0 Å². The molecule has 1 heterocycles. The summed E-state index contributed by atoms with van der Waals surface area (Å²) in [7, 11) is 0. The molecule has 2 N–H and O–H groups in total. The second kappa shape index (κ2) is 6.00. The second-order valence-electron chi connectivity index (χ2n) is 5.60. The van der Waals surface area contributed by atoms with Crippen LogP contribution < -0.4 is 10.6 Å². The quantitative estimate of drug-likeness (QED) is 0.935. The van der Waals surface area contributed by atoms with Gasteiger partial charge in [0, 0.05) is 18.7 Å². The Balaban J connectivity index is 1.95. The highest BCUT2D eigenvalue weighted by atomic mass is 16.1. The van der Waals surface area contributed by atoms with Gasteiger partial charge in [0.25, 0.3) is 0 Å². The lowest BCUT2D eigenvalue weighted by molar-refractivity contribution is -0.118. The summed E-state index contributed by atoms with van der Waals surface area (Å²) in [5, 5.41) is 0. The van der Waals surface area contributed by atoms with Gasteiger partial charge in [-0.3, -0.25) is 4.79 Å². The summed E-state index contributed by atoms with van der Waals surface area (Å²) in [6, 6.07) is 21.0. The molecule has 1 saturated heterocycles. The van der Waals surface area contributed by atoms with E-state index in [-0.39, 0.29) is 17.9 Å². The van der Waals surface area contributed by atoms with Crippen molar-refractivity contribution in [1.29, 1.82) is 0 Å². The van der Waals surface area contributed by atoms with Crippen molar-refractivity contribution in [1.82, 2.24) is 0 Å². The molecular weight excluding hydrogens is 260 g/mol. The summed E-state index contributed by atoms with van der Waals surface area (Å²) in [5.41, 5.74) is 7.90. The maximum Gasteiger partial charge on any atom is 0.217 e. The summed E-state index contributed by atoms with van der Waals surface area (Å²) >= 11 is 0. The molecule has 3 nitrogen and oxygen atoms in total. The lowest BCUT2D eigenvalue weighted by Gasteiger charge is -2.30. The first-order chi connectivity index (χ1) is 10.3. The van der Waals surface area contributed by atoms with E-state index in [1.165, 1.54) is 11.3 Å². The maximum absolute atomic E-state index is 11.4. The van der Waals surface area contributed by atoms with Crippen LogP contribution in [0.2, 0.25) is 0 Å². The summed E-state index contributed by atoms with van der Waals surface area (Å²) < 4.78 is 0. The van der Waals surface area contributed by atoms with Crippen LogP contribution in [0.4, 0.5) is 5.69 Å². The first-order valence-electron chi connectivity index (χ1n) is 7.40. The number of para-hydroxylation sites is 1. The van der Waals surface area contributed by atoms with Gasteiger partial charge >= 0.3 is 0 Å². The van der Waals surface area contributed by atoms with Crippen molar-refractivity contribution < 1.29 is 4.79 Å². The average molecular weight is 280 g/mol. The third kappa shape index (κ3) is 2.92. The minimum atomic E-state index is -0.212. The van der Waals surface area contributed by atoms with Crippen LogP contribution in [-0.2, 0) is 4.79 Å². The third-order valence-corrected chi connectivity index (χ3v) is 4.22. The lowest BCUT2D eigenvalue weighted by Crippen LogP contribution is -2.27. The van der Waals surface area contributed by atoms with E-state index in [2.05, 4.69) is 53.4 Å². The van der Waals surface area contributed by atoms with Gasteiger partial charge in [-0.2, -0.15) is 0 Å². The van der Waals surface area contributed by atoms with Gasteiger partial charge in [-0.1, -0.05) is 48.5 Å². The number of primary amides is 1. The summed E-state index contributed by atoms with van der Waals surface area (Å²) in [5.74, 6) is 0.0703. The number of carbonyl (C=O) groups is 1. The van der Waals surface area contributed by atoms with E-state index in [0.29, 0.717) is 6.42 Å².